The van der Waals surface area contributed by atoms with Gasteiger partial charge in [0.05, 0.1) is 6.54 Å². The SMILES string of the molecule is C=CCCCCCN(C)C(=O)CNCC1CC1.Cl. The zero-order valence-corrected chi connectivity index (χ0v) is 12.3. The third kappa shape index (κ3) is 8.54. The van der Waals surface area contributed by atoms with Crippen LogP contribution in [-0.2, 0) is 4.79 Å². The van der Waals surface area contributed by atoms with E-state index in [4.69, 9.17) is 0 Å². The summed E-state index contributed by atoms with van der Waals surface area (Å²) in [6.45, 7) is 6.09. The zero-order valence-electron chi connectivity index (χ0n) is 11.5. The Hall–Kier alpha value is -0.540. The van der Waals surface area contributed by atoms with E-state index in [0.717, 1.165) is 31.8 Å². The highest BCUT2D eigenvalue weighted by molar-refractivity contribution is 5.85. The van der Waals surface area contributed by atoms with Crippen molar-refractivity contribution < 1.29 is 4.79 Å². The van der Waals surface area contributed by atoms with E-state index in [1.165, 1.54) is 25.7 Å². The second-order valence-electron chi connectivity index (χ2n) is 5.03. The Bertz CT molecular complexity index is 242. The Morgan fingerprint density at radius 2 is 2.11 bits per heavy atom. The van der Waals surface area contributed by atoms with E-state index < -0.39 is 0 Å². The van der Waals surface area contributed by atoms with Crippen molar-refractivity contribution >= 4 is 18.3 Å². The Morgan fingerprint density at radius 1 is 1.39 bits per heavy atom. The minimum Gasteiger partial charge on any atom is -0.345 e. The molecule has 0 aliphatic heterocycles. The Morgan fingerprint density at radius 3 is 2.72 bits per heavy atom. The Labute approximate surface area is 117 Å². The zero-order chi connectivity index (χ0) is 12.5. The third-order valence-corrected chi connectivity index (χ3v) is 3.23. The van der Waals surface area contributed by atoms with Gasteiger partial charge in [-0.15, -0.1) is 19.0 Å². The molecule has 106 valence electrons. The molecule has 0 aromatic carbocycles. The molecule has 1 N–H and O–H groups in total. The van der Waals surface area contributed by atoms with Crippen LogP contribution in [0, 0.1) is 5.92 Å². The number of likely N-dealkylation sites (N-methyl/N-ethyl adjacent to an activating group) is 1. The molecule has 4 heteroatoms. The van der Waals surface area contributed by atoms with Crippen LogP contribution in [0.4, 0.5) is 0 Å². The molecule has 0 heterocycles. The molecule has 1 fully saturated rings. The van der Waals surface area contributed by atoms with E-state index in [2.05, 4.69) is 11.9 Å². The van der Waals surface area contributed by atoms with Gasteiger partial charge < -0.3 is 10.2 Å². The monoisotopic (exact) mass is 274 g/mol. The summed E-state index contributed by atoms with van der Waals surface area (Å²) in [5, 5.41) is 3.23. The maximum absolute atomic E-state index is 11.7. The number of amides is 1. The van der Waals surface area contributed by atoms with Gasteiger partial charge in [0.2, 0.25) is 5.91 Å². The van der Waals surface area contributed by atoms with Crippen molar-refractivity contribution in [2.45, 2.75) is 38.5 Å². The fourth-order valence-corrected chi connectivity index (χ4v) is 1.78. The Kier molecular flexibility index (Phi) is 10.1. The third-order valence-electron chi connectivity index (χ3n) is 3.23. The maximum atomic E-state index is 11.7. The van der Waals surface area contributed by atoms with Gasteiger partial charge >= 0.3 is 0 Å². The first-order valence-corrected chi connectivity index (χ1v) is 6.79. The number of hydrogen-bond donors (Lipinski definition) is 1. The summed E-state index contributed by atoms with van der Waals surface area (Å²) < 4.78 is 0. The summed E-state index contributed by atoms with van der Waals surface area (Å²) in [6, 6.07) is 0. The molecule has 18 heavy (non-hydrogen) atoms. The first-order valence-electron chi connectivity index (χ1n) is 6.79. The molecule has 1 amide bonds. The average molecular weight is 275 g/mol. The molecule has 0 unspecified atom stereocenters. The number of carbonyl (C=O) groups excluding carboxylic acids is 1. The molecule has 1 saturated carbocycles. The van der Waals surface area contributed by atoms with E-state index in [1.54, 1.807) is 0 Å². The highest BCUT2D eigenvalue weighted by Gasteiger charge is 2.20. The van der Waals surface area contributed by atoms with Gasteiger partial charge in [0.25, 0.3) is 0 Å². The molecule has 0 saturated heterocycles. The van der Waals surface area contributed by atoms with Crippen LogP contribution in [-0.4, -0.2) is 37.5 Å². The van der Waals surface area contributed by atoms with Gasteiger partial charge in [-0.25, -0.2) is 0 Å². The summed E-state index contributed by atoms with van der Waals surface area (Å²) in [4.78, 5) is 13.6. The number of halogens is 1. The lowest BCUT2D eigenvalue weighted by Gasteiger charge is -2.17. The molecule has 0 radical (unpaired) electrons. The van der Waals surface area contributed by atoms with E-state index in [0.29, 0.717) is 6.54 Å². The van der Waals surface area contributed by atoms with Crippen molar-refractivity contribution in [3.63, 3.8) is 0 Å². The molecule has 0 bridgehead atoms. The van der Waals surface area contributed by atoms with Gasteiger partial charge in [0.15, 0.2) is 0 Å². The first-order chi connectivity index (χ1) is 8.24. The van der Waals surface area contributed by atoms with Gasteiger partial charge in [-0.05, 0) is 44.6 Å². The number of rotatable bonds is 10. The molecule has 0 aromatic heterocycles. The minimum atomic E-state index is 0. The van der Waals surface area contributed by atoms with Crippen molar-refractivity contribution in [1.82, 2.24) is 10.2 Å². The standard InChI is InChI=1S/C14H26N2O.ClH/c1-3-4-5-6-7-10-16(2)14(17)12-15-11-13-8-9-13;/h3,13,15H,1,4-12H2,2H3;1H. The number of allylic oxidation sites excluding steroid dienone is 1. The lowest BCUT2D eigenvalue weighted by Crippen LogP contribution is -2.36. The van der Waals surface area contributed by atoms with Crippen LogP contribution in [0.2, 0.25) is 0 Å². The van der Waals surface area contributed by atoms with Gasteiger partial charge in [-0.3, -0.25) is 4.79 Å². The molecule has 1 aliphatic rings. The van der Waals surface area contributed by atoms with E-state index in [1.807, 2.05) is 18.0 Å². The van der Waals surface area contributed by atoms with Crippen molar-refractivity contribution in [3.05, 3.63) is 12.7 Å². The predicted molar refractivity (Wildman–Crippen MR) is 79.1 cm³/mol. The van der Waals surface area contributed by atoms with Crippen molar-refractivity contribution in [3.8, 4) is 0 Å². The van der Waals surface area contributed by atoms with Crippen LogP contribution in [0.15, 0.2) is 12.7 Å². The lowest BCUT2D eigenvalue weighted by molar-refractivity contribution is -0.129. The summed E-state index contributed by atoms with van der Waals surface area (Å²) in [6.07, 6.45) is 9.17. The van der Waals surface area contributed by atoms with Crippen LogP contribution in [0.5, 0.6) is 0 Å². The molecule has 0 aromatic rings. The summed E-state index contributed by atoms with van der Waals surface area (Å²) >= 11 is 0. The smallest absolute Gasteiger partial charge is 0.236 e. The molecule has 0 atom stereocenters. The number of carbonyl (C=O) groups is 1. The van der Waals surface area contributed by atoms with Crippen LogP contribution >= 0.6 is 12.4 Å². The maximum Gasteiger partial charge on any atom is 0.236 e. The number of hydrogen-bond acceptors (Lipinski definition) is 2. The number of unbranched alkanes of at least 4 members (excludes halogenated alkanes) is 3. The number of nitrogens with one attached hydrogen (secondary N) is 1. The van der Waals surface area contributed by atoms with E-state index >= 15 is 0 Å². The summed E-state index contributed by atoms with van der Waals surface area (Å²) in [7, 11) is 1.90. The molecule has 3 nitrogen and oxygen atoms in total. The Balaban J connectivity index is 0.00000289. The minimum absolute atomic E-state index is 0. The summed E-state index contributed by atoms with van der Waals surface area (Å²) in [5.74, 6) is 1.06. The first kappa shape index (κ1) is 17.5. The predicted octanol–water partition coefficient (Wildman–Crippen LogP) is 2.61. The van der Waals surface area contributed by atoms with Gasteiger partial charge in [-0.1, -0.05) is 12.5 Å². The normalized spacial score (nSPS) is 13.8. The second-order valence-corrected chi connectivity index (χ2v) is 5.03. The fourth-order valence-electron chi connectivity index (χ4n) is 1.78. The fraction of sp³-hybridized carbons (Fsp3) is 0.786. The van der Waals surface area contributed by atoms with Crippen molar-refractivity contribution in [1.29, 1.82) is 0 Å². The van der Waals surface area contributed by atoms with Gasteiger partial charge in [0.1, 0.15) is 0 Å². The average Bonchev–Trinajstić information content (AvgIpc) is 3.12. The van der Waals surface area contributed by atoms with Crippen LogP contribution < -0.4 is 5.32 Å². The second kappa shape index (κ2) is 10.4. The summed E-state index contributed by atoms with van der Waals surface area (Å²) in [5.41, 5.74) is 0. The molecular formula is C14H27ClN2O. The van der Waals surface area contributed by atoms with Crippen LogP contribution in [0.3, 0.4) is 0 Å². The number of nitrogens with zero attached hydrogens (tertiary/aromatic N) is 1. The molecular weight excluding hydrogens is 248 g/mol. The van der Waals surface area contributed by atoms with Crippen LogP contribution in [0.1, 0.15) is 38.5 Å². The molecule has 1 aliphatic carbocycles. The van der Waals surface area contributed by atoms with Gasteiger partial charge in [0, 0.05) is 13.6 Å². The topological polar surface area (TPSA) is 32.3 Å². The largest absolute Gasteiger partial charge is 0.345 e. The molecule has 0 spiro atoms. The van der Waals surface area contributed by atoms with E-state index in [9.17, 15) is 4.79 Å². The van der Waals surface area contributed by atoms with Crippen LogP contribution in [0.25, 0.3) is 0 Å². The lowest BCUT2D eigenvalue weighted by atomic mass is 10.2. The van der Waals surface area contributed by atoms with Gasteiger partial charge in [-0.2, -0.15) is 0 Å². The van der Waals surface area contributed by atoms with Crippen molar-refractivity contribution in [2.75, 3.05) is 26.7 Å². The van der Waals surface area contributed by atoms with E-state index in [-0.39, 0.29) is 18.3 Å². The highest BCUT2D eigenvalue weighted by atomic mass is 35.5. The quantitative estimate of drug-likeness (QED) is 0.491. The van der Waals surface area contributed by atoms with Crippen molar-refractivity contribution in [2.24, 2.45) is 5.92 Å². The molecule has 1 rings (SSSR count). The highest BCUT2D eigenvalue weighted by Crippen LogP contribution is 2.27.